The number of amides is 1. The minimum Gasteiger partial charge on any atom is -0.340 e. The van der Waals surface area contributed by atoms with E-state index < -0.39 is 0 Å². The molecule has 1 fully saturated rings. The van der Waals surface area contributed by atoms with Crippen molar-refractivity contribution in [3.05, 3.63) is 0 Å². The summed E-state index contributed by atoms with van der Waals surface area (Å²) in [6.45, 7) is 3.67. The molecule has 0 bridgehead atoms. The van der Waals surface area contributed by atoms with Gasteiger partial charge in [0, 0.05) is 38.5 Å². The van der Waals surface area contributed by atoms with Gasteiger partial charge in [-0.2, -0.15) is 0 Å². The van der Waals surface area contributed by atoms with E-state index in [-0.39, 0.29) is 18.3 Å². The van der Waals surface area contributed by atoms with Crippen LogP contribution in [0, 0.1) is 0 Å². The van der Waals surface area contributed by atoms with Gasteiger partial charge in [-0.05, 0) is 7.05 Å². The summed E-state index contributed by atoms with van der Waals surface area (Å²) >= 11 is 5.49. The van der Waals surface area contributed by atoms with Gasteiger partial charge in [-0.3, -0.25) is 4.79 Å². The number of nitrogens with zero attached hydrogens (tertiary/aromatic N) is 2. The van der Waals surface area contributed by atoms with E-state index >= 15 is 0 Å². The van der Waals surface area contributed by atoms with E-state index in [4.69, 9.17) is 11.6 Å². The molecule has 3 nitrogen and oxygen atoms in total. The Morgan fingerprint density at radius 1 is 1.31 bits per heavy atom. The zero-order chi connectivity index (χ0) is 8.97. The van der Waals surface area contributed by atoms with Crippen molar-refractivity contribution in [1.29, 1.82) is 0 Å². The number of piperazine rings is 1. The molecule has 1 rings (SSSR count). The number of carbonyl (C=O) groups is 1. The van der Waals surface area contributed by atoms with Gasteiger partial charge in [0.15, 0.2) is 0 Å². The standard InChI is InChI=1S/C8H15ClN2O.ClH/c1-10-4-6-11(7-5-10)8(12)2-3-9;/h2-7H2,1H3;1H. The lowest BCUT2D eigenvalue weighted by molar-refractivity contribution is -0.132. The molecule has 0 N–H and O–H groups in total. The maximum atomic E-state index is 11.3. The Morgan fingerprint density at radius 3 is 2.31 bits per heavy atom. The fourth-order valence-corrected chi connectivity index (χ4v) is 1.46. The van der Waals surface area contributed by atoms with Crippen LogP contribution in [0.15, 0.2) is 0 Å². The zero-order valence-corrected chi connectivity index (χ0v) is 9.40. The summed E-state index contributed by atoms with van der Waals surface area (Å²) in [4.78, 5) is 15.4. The minimum atomic E-state index is 0. The fourth-order valence-electron chi connectivity index (χ4n) is 1.29. The lowest BCUT2D eigenvalue weighted by atomic mass is 10.3. The summed E-state index contributed by atoms with van der Waals surface area (Å²) in [6, 6.07) is 0. The molecule has 0 aromatic heterocycles. The second kappa shape index (κ2) is 6.46. The molecule has 1 amide bonds. The number of hydrogen-bond acceptors (Lipinski definition) is 2. The van der Waals surface area contributed by atoms with Gasteiger partial charge >= 0.3 is 0 Å². The number of hydrogen-bond donors (Lipinski definition) is 0. The third-order valence-electron chi connectivity index (χ3n) is 2.16. The zero-order valence-electron chi connectivity index (χ0n) is 7.83. The maximum absolute atomic E-state index is 11.3. The van der Waals surface area contributed by atoms with E-state index in [0.29, 0.717) is 12.3 Å². The monoisotopic (exact) mass is 226 g/mol. The molecule has 13 heavy (non-hydrogen) atoms. The van der Waals surface area contributed by atoms with E-state index in [1.165, 1.54) is 0 Å². The SMILES string of the molecule is CN1CCN(C(=O)CCCl)CC1.Cl. The molecule has 78 valence electrons. The smallest absolute Gasteiger partial charge is 0.223 e. The molecule has 1 saturated heterocycles. The first-order chi connectivity index (χ1) is 5.74. The highest BCUT2D eigenvalue weighted by Gasteiger charge is 2.17. The normalized spacial score (nSPS) is 18.2. The van der Waals surface area contributed by atoms with Crippen LogP contribution in [-0.2, 0) is 4.79 Å². The summed E-state index contributed by atoms with van der Waals surface area (Å²) in [5.74, 6) is 0.628. The fraction of sp³-hybridized carbons (Fsp3) is 0.875. The molecule has 0 spiro atoms. The number of carbonyl (C=O) groups excluding carboxylic acids is 1. The van der Waals surface area contributed by atoms with Gasteiger partial charge in [0.25, 0.3) is 0 Å². The second-order valence-corrected chi connectivity index (χ2v) is 3.50. The van der Waals surface area contributed by atoms with E-state index in [9.17, 15) is 4.79 Å². The average molecular weight is 227 g/mol. The average Bonchev–Trinajstić information content (AvgIpc) is 2.06. The topological polar surface area (TPSA) is 23.6 Å². The van der Waals surface area contributed by atoms with Crippen molar-refractivity contribution in [2.24, 2.45) is 0 Å². The second-order valence-electron chi connectivity index (χ2n) is 3.12. The molecule has 0 saturated carbocycles. The number of rotatable bonds is 2. The number of alkyl halides is 1. The first-order valence-electron chi connectivity index (χ1n) is 4.26. The van der Waals surface area contributed by atoms with Gasteiger partial charge in [-0.25, -0.2) is 0 Å². The highest BCUT2D eigenvalue weighted by molar-refractivity contribution is 6.18. The lowest BCUT2D eigenvalue weighted by Crippen LogP contribution is -2.47. The first-order valence-corrected chi connectivity index (χ1v) is 4.80. The van der Waals surface area contributed by atoms with Crippen LogP contribution < -0.4 is 0 Å². The van der Waals surface area contributed by atoms with Crippen molar-refractivity contribution in [3.8, 4) is 0 Å². The highest BCUT2D eigenvalue weighted by atomic mass is 35.5. The van der Waals surface area contributed by atoms with Crippen molar-refractivity contribution in [2.45, 2.75) is 6.42 Å². The van der Waals surface area contributed by atoms with Crippen molar-refractivity contribution >= 4 is 29.9 Å². The largest absolute Gasteiger partial charge is 0.340 e. The summed E-state index contributed by atoms with van der Waals surface area (Å²) in [5, 5.41) is 0. The van der Waals surface area contributed by atoms with Crippen LogP contribution in [0.3, 0.4) is 0 Å². The molecule has 0 radical (unpaired) electrons. The van der Waals surface area contributed by atoms with Crippen LogP contribution in [0.1, 0.15) is 6.42 Å². The summed E-state index contributed by atoms with van der Waals surface area (Å²) in [6.07, 6.45) is 0.477. The van der Waals surface area contributed by atoms with Crippen LogP contribution in [0.2, 0.25) is 0 Å². The lowest BCUT2D eigenvalue weighted by Gasteiger charge is -2.32. The van der Waals surface area contributed by atoms with Gasteiger partial charge in [0.1, 0.15) is 0 Å². The summed E-state index contributed by atoms with van der Waals surface area (Å²) in [5.41, 5.74) is 0. The molecule has 1 heterocycles. The van der Waals surface area contributed by atoms with E-state index in [0.717, 1.165) is 26.2 Å². The number of likely N-dealkylation sites (N-methyl/N-ethyl adjacent to an activating group) is 1. The molecule has 1 aliphatic heterocycles. The predicted molar refractivity (Wildman–Crippen MR) is 56.7 cm³/mol. The Balaban J connectivity index is 0.00000144. The summed E-state index contributed by atoms with van der Waals surface area (Å²) in [7, 11) is 2.07. The highest BCUT2D eigenvalue weighted by Crippen LogP contribution is 2.02. The predicted octanol–water partition coefficient (Wildman–Crippen LogP) is 0.811. The molecule has 0 aromatic carbocycles. The van der Waals surface area contributed by atoms with Crippen LogP contribution in [0.5, 0.6) is 0 Å². The molecule has 0 aliphatic carbocycles. The van der Waals surface area contributed by atoms with Gasteiger partial charge in [-0.1, -0.05) is 0 Å². The Labute approximate surface area is 90.4 Å². The van der Waals surface area contributed by atoms with Gasteiger partial charge in [0.05, 0.1) is 0 Å². The first kappa shape index (κ1) is 13.0. The third-order valence-corrected chi connectivity index (χ3v) is 2.35. The third kappa shape index (κ3) is 4.16. The van der Waals surface area contributed by atoms with E-state index in [1.807, 2.05) is 4.90 Å². The Hall–Kier alpha value is 0.01000. The summed E-state index contributed by atoms with van der Waals surface area (Å²) < 4.78 is 0. The minimum absolute atomic E-state index is 0. The molecular formula is C8H16Cl2N2O. The van der Waals surface area contributed by atoms with Gasteiger partial charge in [-0.15, -0.1) is 24.0 Å². The Bertz CT molecular complexity index is 158. The van der Waals surface area contributed by atoms with Crippen molar-refractivity contribution in [2.75, 3.05) is 39.1 Å². The molecule has 0 unspecified atom stereocenters. The molecule has 0 aromatic rings. The molecule has 0 atom stereocenters. The maximum Gasteiger partial charge on any atom is 0.223 e. The quantitative estimate of drug-likeness (QED) is 0.652. The van der Waals surface area contributed by atoms with Gasteiger partial charge in [0.2, 0.25) is 5.91 Å². The van der Waals surface area contributed by atoms with Gasteiger partial charge < -0.3 is 9.80 Å². The molecule has 1 aliphatic rings. The Morgan fingerprint density at radius 2 is 1.85 bits per heavy atom. The molecule has 5 heteroatoms. The molecular weight excluding hydrogens is 211 g/mol. The van der Waals surface area contributed by atoms with Crippen LogP contribution in [-0.4, -0.2) is 54.8 Å². The van der Waals surface area contributed by atoms with Crippen LogP contribution in [0.4, 0.5) is 0 Å². The Kier molecular flexibility index (Phi) is 6.47. The van der Waals surface area contributed by atoms with Crippen LogP contribution >= 0.6 is 24.0 Å². The van der Waals surface area contributed by atoms with Crippen LogP contribution in [0.25, 0.3) is 0 Å². The van der Waals surface area contributed by atoms with E-state index in [2.05, 4.69) is 11.9 Å². The van der Waals surface area contributed by atoms with Crippen molar-refractivity contribution in [1.82, 2.24) is 9.80 Å². The van der Waals surface area contributed by atoms with Crippen molar-refractivity contribution < 1.29 is 4.79 Å². The number of halogens is 2. The van der Waals surface area contributed by atoms with E-state index in [1.54, 1.807) is 0 Å². The van der Waals surface area contributed by atoms with Crippen molar-refractivity contribution in [3.63, 3.8) is 0 Å².